The van der Waals surface area contributed by atoms with Gasteiger partial charge in [0.2, 0.25) is 5.83 Å². The number of halogens is 2. The molecule has 18 heavy (non-hydrogen) atoms. The molecule has 1 atom stereocenters. The van der Waals surface area contributed by atoms with Crippen LogP contribution in [-0.4, -0.2) is 0 Å². The number of hydrogen-bond acceptors (Lipinski definition) is 0. The van der Waals surface area contributed by atoms with Crippen molar-refractivity contribution < 1.29 is 8.78 Å². The van der Waals surface area contributed by atoms with Crippen LogP contribution in [0.4, 0.5) is 8.78 Å². The molecule has 1 aliphatic rings. The van der Waals surface area contributed by atoms with Gasteiger partial charge < -0.3 is 0 Å². The smallest absolute Gasteiger partial charge is 0.204 e. The molecule has 0 spiro atoms. The zero-order valence-electron chi connectivity index (χ0n) is 10.2. The Balaban J connectivity index is 1.96. The summed E-state index contributed by atoms with van der Waals surface area (Å²) < 4.78 is 25.5. The minimum Gasteiger partial charge on any atom is -0.207 e. The van der Waals surface area contributed by atoms with Crippen LogP contribution in [-0.2, 0) is 0 Å². The fourth-order valence-electron chi connectivity index (χ4n) is 1.84. The Morgan fingerprint density at radius 2 is 1.89 bits per heavy atom. The van der Waals surface area contributed by atoms with Gasteiger partial charge in [0, 0.05) is 18.9 Å². The lowest BCUT2D eigenvalue weighted by Crippen LogP contribution is -1.93. The number of hydrogen-bond donors (Lipinski definition) is 0. The summed E-state index contributed by atoms with van der Waals surface area (Å²) in [5.41, 5.74) is 2.11. The Kier molecular flexibility index (Phi) is 3.98. The average molecular weight is 245 g/mol. The molecule has 0 radical (unpaired) electrons. The molecule has 2 rings (SSSR count). The molecule has 0 saturated carbocycles. The molecular weight excluding hydrogens is 230 g/mol. The molecular formula is C16H15F2+. The van der Waals surface area contributed by atoms with Crippen molar-refractivity contribution in [2.24, 2.45) is 0 Å². The van der Waals surface area contributed by atoms with E-state index in [4.69, 9.17) is 0 Å². The highest BCUT2D eigenvalue weighted by Gasteiger charge is 2.10. The van der Waals surface area contributed by atoms with Crippen molar-refractivity contribution in [3.8, 4) is 0 Å². The average Bonchev–Trinajstić information content (AvgIpc) is 2.38. The third-order valence-corrected chi connectivity index (χ3v) is 3.02. The van der Waals surface area contributed by atoms with Gasteiger partial charge in [-0.2, -0.15) is 0 Å². The van der Waals surface area contributed by atoms with Gasteiger partial charge in [-0.05, 0) is 29.7 Å². The summed E-state index contributed by atoms with van der Waals surface area (Å²) in [5.74, 6) is -0.122. The molecule has 0 aromatic heterocycles. The molecule has 0 N–H and O–H groups in total. The van der Waals surface area contributed by atoms with Crippen LogP contribution in [0.15, 0.2) is 60.0 Å². The Hall–Kier alpha value is -1.83. The minimum absolute atomic E-state index is 0.214. The first-order valence-corrected chi connectivity index (χ1v) is 5.99. The molecule has 0 fully saturated rings. The quantitative estimate of drug-likeness (QED) is 0.666. The van der Waals surface area contributed by atoms with Gasteiger partial charge in [-0.1, -0.05) is 19.1 Å². The molecule has 1 aromatic carbocycles. The van der Waals surface area contributed by atoms with Gasteiger partial charge in [0.05, 0.1) is 17.7 Å². The summed E-state index contributed by atoms with van der Waals surface area (Å²) in [6, 6.07) is 6.56. The maximum atomic E-state index is 12.8. The number of allylic oxidation sites excluding steroid dienone is 6. The van der Waals surface area contributed by atoms with Gasteiger partial charge in [-0.15, -0.1) is 4.39 Å². The zero-order chi connectivity index (χ0) is 13.0. The summed E-state index contributed by atoms with van der Waals surface area (Å²) >= 11 is 0. The van der Waals surface area contributed by atoms with Gasteiger partial charge in [0.25, 0.3) is 0 Å². The van der Waals surface area contributed by atoms with E-state index in [1.165, 1.54) is 24.3 Å². The van der Waals surface area contributed by atoms with E-state index in [0.29, 0.717) is 5.92 Å². The van der Waals surface area contributed by atoms with Crippen molar-refractivity contribution in [2.75, 3.05) is 0 Å². The van der Waals surface area contributed by atoms with Gasteiger partial charge in [-0.3, -0.25) is 0 Å². The van der Waals surface area contributed by atoms with Crippen molar-refractivity contribution in [1.82, 2.24) is 0 Å². The SMILES string of the molecule is CC(C/C=C1/C=CC(F)=C[CH+]1)c1ccc(F)cc1. The van der Waals surface area contributed by atoms with Crippen LogP contribution in [0.2, 0.25) is 0 Å². The van der Waals surface area contributed by atoms with Crippen molar-refractivity contribution in [1.29, 1.82) is 0 Å². The van der Waals surface area contributed by atoms with Crippen LogP contribution < -0.4 is 0 Å². The van der Waals surface area contributed by atoms with Gasteiger partial charge in [0.1, 0.15) is 5.82 Å². The van der Waals surface area contributed by atoms with Gasteiger partial charge >= 0.3 is 0 Å². The summed E-state index contributed by atoms with van der Waals surface area (Å²) in [7, 11) is 0. The van der Waals surface area contributed by atoms with Gasteiger partial charge in [0.15, 0.2) is 0 Å². The Morgan fingerprint density at radius 3 is 2.50 bits per heavy atom. The Bertz CT molecular complexity index is 492. The lowest BCUT2D eigenvalue weighted by molar-refractivity contribution is 0.625. The van der Waals surface area contributed by atoms with E-state index >= 15 is 0 Å². The normalized spacial score (nSPS) is 18.4. The predicted molar refractivity (Wildman–Crippen MR) is 70.1 cm³/mol. The first-order chi connectivity index (χ1) is 8.65. The molecule has 0 aliphatic heterocycles. The number of benzene rings is 1. The van der Waals surface area contributed by atoms with E-state index in [1.54, 1.807) is 24.6 Å². The molecule has 0 bridgehead atoms. The third-order valence-electron chi connectivity index (χ3n) is 3.02. The van der Waals surface area contributed by atoms with E-state index in [2.05, 4.69) is 13.0 Å². The highest BCUT2D eigenvalue weighted by atomic mass is 19.1. The monoisotopic (exact) mass is 245 g/mol. The van der Waals surface area contributed by atoms with Crippen LogP contribution in [0, 0.1) is 12.2 Å². The molecule has 1 unspecified atom stereocenters. The molecule has 0 heterocycles. The van der Waals surface area contributed by atoms with Crippen LogP contribution in [0.25, 0.3) is 0 Å². The summed E-state index contributed by atoms with van der Waals surface area (Å²) in [5, 5.41) is 0. The van der Waals surface area contributed by atoms with E-state index in [9.17, 15) is 8.78 Å². The van der Waals surface area contributed by atoms with Crippen molar-refractivity contribution in [2.45, 2.75) is 19.3 Å². The maximum Gasteiger partial charge on any atom is 0.204 e. The highest BCUT2D eigenvalue weighted by Crippen LogP contribution is 2.22. The Morgan fingerprint density at radius 1 is 1.17 bits per heavy atom. The van der Waals surface area contributed by atoms with Crippen molar-refractivity contribution in [3.63, 3.8) is 0 Å². The molecule has 1 aromatic rings. The largest absolute Gasteiger partial charge is 0.207 e. The minimum atomic E-state index is -0.223. The second-order valence-corrected chi connectivity index (χ2v) is 4.44. The molecule has 1 aliphatic carbocycles. The second-order valence-electron chi connectivity index (χ2n) is 4.44. The number of rotatable bonds is 3. The van der Waals surface area contributed by atoms with E-state index in [0.717, 1.165) is 17.6 Å². The van der Waals surface area contributed by atoms with Crippen LogP contribution in [0.1, 0.15) is 24.8 Å². The van der Waals surface area contributed by atoms with E-state index in [1.807, 2.05) is 0 Å². The van der Waals surface area contributed by atoms with Gasteiger partial charge in [-0.25, -0.2) is 4.39 Å². The van der Waals surface area contributed by atoms with Crippen LogP contribution in [0.3, 0.4) is 0 Å². The van der Waals surface area contributed by atoms with Crippen molar-refractivity contribution in [3.05, 3.63) is 77.8 Å². The lowest BCUT2D eigenvalue weighted by Gasteiger charge is -2.08. The van der Waals surface area contributed by atoms with E-state index in [-0.39, 0.29) is 11.6 Å². The Labute approximate surface area is 106 Å². The standard InChI is InChI=1S/C16H15F2/c1-12(14-6-10-16(18)11-7-14)2-3-13-4-8-15(17)9-5-13/h3-12H,2H2,1H3/q+1. The summed E-state index contributed by atoms with van der Waals surface area (Å²) in [6.07, 6.45) is 9.33. The molecule has 2 heteroatoms. The molecule has 0 amide bonds. The first kappa shape index (κ1) is 12.6. The molecule has 0 nitrogen and oxygen atoms in total. The third kappa shape index (κ3) is 3.33. The fraction of sp³-hybridized carbons (Fsp3) is 0.188. The van der Waals surface area contributed by atoms with Crippen molar-refractivity contribution >= 4 is 0 Å². The lowest BCUT2D eigenvalue weighted by atomic mass is 9.95. The topological polar surface area (TPSA) is 0 Å². The molecule has 0 saturated heterocycles. The summed E-state index contributed by atoms with van der Waals surface area (Å²) in [6.45, 7) is 2.09. The molecule has 92 valence electrons. The highest BCUT2D eigenvalue weighted by molar-refractivity contribution is 5.41. The van der Waals surface area contributed by atoms with Crippen LogP contribution in [0.5, 0.6) is 0 Å². The fourth-order valence-corrected chi connectivity index (χ4v) is 1.84. The summed E-state index contributed by atoms with van der Waals surface area (Å²) in [4.78, 5) is 0. The zero-order valence-corrected chi connectivity index (χ0v) is 10.2. The maximum absolute atomic E-state index is 12.8. The van der Waals surface area contributed by atoms with E-state index < -0.39 is 0 Å². The second kappa shape index (κ2) is 5.67. The van der Waals surface area contributed by atoms with Crippen LogP contribution >= 0.6 is 0 Å². The first-order valence-electron chi connectivity index (χ1n) is 5.99. The predicted octanol–water partition coefficient (Wildman–Crippen LogP) is 4.87.